The molecule has 1 aromatic heterocycles. The van der Waals surface area contributed by atoms with E-state index in [0.717, 1.165) is 21.6 Å². The van der Waals surface area contributed by atoms with Crippen LogP contribution in [0.15, 0.2) is 33.8 Å². The highest BCUT2D eigenvalue weighted by molar-refractivity contribution is 9.10. The number of amides is 1. The first-order chi connectivity index (χ1) is 8.68. The van der Waals surface area contributed by atoms with Crippen LogP contribution < -0.4 is 5.43 Å². The van der Waals surface area contributed by atoms with E-state index in [1.54, 1.807) is 13.1 Å². The number of hydrogen-bond donors (Lipinski definition) is 1. The van der Waals surface area contributed by atoms with Gasteiger partial charge < -0.3 is 0 Å². The van der Waals surface area contributed by atoms with Gasteiger partial charge in [0, 0.05) is 10.0 Å². The molecule has 0 saturated carbocycles. The molecule has 2 rings (SSSR count). The molecule has 0 unspecified atom stereocenters. The summed E-state index contributed by atoms with van der Waals surface area (Å²) in [6.07, 6.45) is 1.58. The zero-order valence-electron chi connectivity index (χ0n) is 9.42. The van der Waals surface area contributed by atoms with E-state index in [0.29, 0.717) is 10.6 Å². The van der Waals surface area contributed by atoms with E-state index >= 15 is 0 Å². The smallest absolute Gasteiger partial charge is 0.266 e. The molecule has 1 amide bonds. The number of nitrogens with zero attached hydrogens (tertiary/aromatic N) is 3. The maximum absolute atomic E-state index is 11.7. The molecular weight excluding hydrogens is 316 g/mol. The van der Waals surface area contributed by atoms with Crippen LogP contribution in [0.5, 0.6) is 0 Å². The van der Waals surface area contributed by atoms with E-state index in [1.807, 2.05) is 24.3 Å². The standard InChI is InChI=1S/C11H9BrN4OS/c1-7-10(18-16-14-7)11(17)15-13-6-8-4-2-3-5-9(8)12/h2-6H,1H3,(H,15,17). The largest absolute Gasteiger partial charge is 0.285 e. The molecule has 0 saturated heterocycles. The second-order valence-electron chi connectivity index (χ2n) is 3.41. The lowest BCUT2D eigenvalue weighted by atomic mass is 10.2. The lowest BCUT2D eigenvalue weighted by molar-refractivity contribution is 0.0958. The molecule has 18 heavy (non-hydrogen) atoms. The number of halogens is 1. The number of aryl methyl sites for hydroxylation is 1. The third-order valence-corrected chi connectivity index (χ3v) is 3.68. The second-order valence-corrected chi connectivity index (χ2v) is 5.02. The van der Waals surface area contributed by atoms with Crippen LogP contribution in [0.4, 0.5) is 0 Å². The Bertz CT molecular complexity index is 596. The van der Waals surface area contributed by atoms with E-state index in [4.69, 9.17) is 0 Å². The number of hydrogen-bond acceptors (Lipinski definition) is 5. The van der Waals surface area contributed by atoms with Crippen molar-refractivity contribution in [3.05, 3.63) is 44.9 Å². The lowest BCUT2D eigenvalue weighted by Gasteiger charge is -1.98. The second kappa shape index (κ2) is 5.83. The molecule has 0 bridgehead atoms. The fourth-order valence-electron chi connectivity index (χ4n) is 1.23. The molecule has 1 aromatic carbocycles. The number of aromatic nitrogens is 2. The highest BCUT2D eigenvalue weighted by Crippen LogP contribution is 2.13. The number of hydrazone groups is 1. The van der Waals surface area contributed by atoms with Gasteiger partial charge in [-0.3, -0.25) is 4.79 Å². The van der Waals surface area contributed by atoms with Crippen molar-refractivity contribution >= 4 is 39.6 Å². The van der Waals surface area contributed by atoms with Crippen molar-refractivity contribution in [3.63, 3.8) is 0 Å². The van der Waals surface area contributed by atoms with Crippen LogP contribution in [0, 0.1) is 6.92 Å². The Labute approximate surface area is 116 Å². The molecule has 0 atom stereocenters. The van der Waals surface area contributed by atoms with E-state index in [1.165, 1.54) is 0 Å². The predicted molar refractivity (Wildman–Crippen MR) is 73.8 cm³/mol. The van der Waals surface area contributed by atoms with Crippen LogP contribution in [-0.4, -0.2) is 21.7 Å². The fraction of sp³-hybridized carbons (Fsp3) is 0.0909. The molecule has 92 valence electrons. The molecule has 0 aliphatic rings. The normalized spacial score (nSPS) is 10.8. The van der Waals surface area contributed by atoms with Gasteiger partial charge in [0.2, 0.25) is 0 Å². The number of benzene rings is 1. The number of nitrogens with one attached hydrogen (secondary N) is 1. The number of carbonyl (C=O) groups excluding carboxylic acids is 1. The van der Waals surface area contributed by atoms with Crippen molar-refractivity contribution in [2.24, 2.45) is 5.10 Å². The van der Waals surface area contributed by atoms with Crippen LogP contribution >= 0.6 is 27.5 Å². The van der Waals surface area contributed by atoms with Gasteiger partial charge >= 0.3 is 0 Å². The summed E-state index contributed by atoms with van der Waals surface area (Å²) in [6.45, 7) is 1.73. The van der Waals surface area contributed by atoms with Crippen molar-refractivity contribution in [2.45, 2.75) is 6.92 Å². The zero-order chi connectivity index (χ0) is 13.0. The van der Waals surface area contributed by atoms with Crippen LogP contribution in [0.25, 0.3) is 0 Å². The maximum Gasteiger partial charge on any atom is 0.285 e. The van der Waals surface area contributed by atoms with E-state index in [9.17, 15) is 4.79 Å². The molecule has 5 nitrogen and oxygen atoms in total. The summed E-state index contributed by atoms with van der Waals surface area (Å²) < 4.78 is 4.61. The Kier molecular flexibility index (Phi) is 4.16. The van der Waals surface area contributed by atoms with Gasteiger partial charge in [-0.1, -0.05) is 38.6 Å². The molecule has 2 aromatic rings. The van der Waals surface area contributed by atoms with Crippen molar-refractivity contribution < 1.29 is 4.79 Å². The van der Waals surface area contributed by atoms with Gasteiger partial charge in [-0.2, -0.15) is 5.10 Å². The Morgan fingerprint density at radius 1 is 1.50 bits per heavy atom. The minimum Gasteiger partial charge on any atom is -0.266 e. The molecule has 0 aliphatic heterocycles. The monoisotopic (exact) mass is 324 g/mol. The maximum atomic E-state index is 11.7. The topological polar surface area (TPSA) is 67.2 Å². The van der Waals surface area contributed by atoms with Gasteiger partial charge in [-0.05, 0) is 24.5 Å². The van der Waals surface area contributed by atoms with E-state index in [-0.39, 0.29) is 5.91 Å². The van der Waals surface area contributed by atoms with Crippen LogP contribution in [-0.2, 0) is 0 Å². The minimum absolute atomic E-state index is 0.300. The third kappa shape index (κ3) is 2.99. The average molecular weight is 325 g/mol. The minimum atomic E-state index is -0.300. The molecule has 1 heterocycles. The highest BCUT2D eigenvalue weighted by atomic mass is 79.9. The summed E-state index contributed by atoms with van der Waals surface area (Å²) in [4.78, 5) is 12.2. The van der Waals surface area contributed by atoms with Gasteiger partial charge in [0.15, 0.2) is 0 Å². The van der Waals surface area contributed by atoms with Crippen LogP contribution in [0.3, 0.4) is 0 Å². The number of rotatable bonds is 3. The fourth-order valence-corrected chi connectivity index (χ4v) is 2.16. The average Bonchev–Trinajstić information content (AvgIpc) is 2.78. The Morgan fingerprint density at radius 2 is 2.28 bits per heavy atom. The number of carbonyl (C=O) groups is 1. The van der Waals surface area contributed by atoms with Crippen molar-refractivity contribution in [3.8, 4) is 0 Å². The zero-order valence-corrected chi connectivity index (χ0v) is 11.8. The first-order valence-corrected chi connectivity index (χ1v) is 6.62. The van der Waals surface area contributed by atoms with Crippen molar-refractivity contribution in [1.82, 2.24) is 15.0 Å². The van der Waals surface area contributed by atoms with Gasteiger partial charge in [-0.15, -0.1) is 5.10 Å². The molecule has 7 heteroatoms. The first-order valence-electron chi connectivity index (χ1n) is 5.05. The van der Waals surface area contributed by atoms with Crippen LogP contribution in [0.2, 0.25) is 0 Å². The molecule has 0 fully saturated rings. The first kappa shape index (κ1) is 12.8. The van der Waals surface area contributed by atoms with Gasteiger partial charge in [-0.25, -0.2) is 5.43 Å². The van der Waals surface area contributed by atoms with Crippen LogP contribution in [0.1, 0.15) is 20.9 Å². The summed E-state index contributed by atoms with van der Waals surface area (Å²) in [6, 6.07) is 7.59. The summed E-state index contributed by atoms with van der Waals surface area (Å²) in [5.74, 6) is -0.300. The Morgan fingerprint density at radius 3 is 2.94 bits per heavy atom. The molecule has 0 radical (unpaired) electrons. The summed E-state index contributed by atoms with van der Waals surface area (Å²) in [5, 5.41) is 7.66. The summed E-state index contributed by atoms with van der Waals surface area (Å²) in [7, 11) is 0. The molecule has 0 spiro atoms. The van der Waals surface area contributed by atoms with E-state index in [2.05, 4.69) is 36.0 Å². The van der Waals surface area contributed by atoms with E-state index < -0.39 is 0 Å². The molecule has 0 aliphatic carbocycles. The van der Waals surface area contributed by atoms with Gasteiger partial charge in [0.05, 0.1) is 11.9 Å². The van der Waals surface area contributed by atoms with Crippen molar-refractivity contribution in [1.29, 1.82) is 0 Å². The quantitative estimate of drug-likeness (QED) is 0.696. The SMILES string of the molecule is Cc1nnsc1C(=O)NN=Cc1ccccc1Br. The summed E-state index contributed by atoms with van der Waals surface area (Å²) in [5.41, 5.74) is 3.93. The predicted octanol–water partition coefficient (Wildman–Crippen LogP) is 2.37. The Balaban J connectivity index is 2.03. The third-order valence-electron chi connectivity index (χ3n) is 2.13. The molecule has 1 N–H and O–H groups in total. The Hall–Kier alpha value is -1.60. The molecular formula is C11H9BrN4OS. The van der Waals surface area contributed by atoms with Crippen molar-refractivity contribution in [2.75, 3.05) is 0 Å². The van der Waals surface area contributed by atoms with Gasteiger partial charge in [0.1, 0.15) is 4.88 Å². The van der Waals surface area contributed by atoms with Gasteiger partial charge in [0.25, 0.3) is 5.91 Å². The highest BCUT2D eigenvalue weighted by Gasteiger charge is 2.11. The lowest BCUT2D eigenvalue weighted by Crippen LogP contribution is -2.17. The summed E-state index contributed by atoms with van der Waals surface area (Å²) >= 11 is 4.44.